The minimum atomic E-state index is -0.590. The minimum absolute atomic E-state index is 0.534. The van der Waals surface area contributed by atoms with Gasteiger partial charge in [-0.25, -0.2) is 0 Å². The summed E-state index contributed by atoms with van der Waals surface area (Å²) in [4.78, 5) is 29.6. The average Bonchev–Trinajstić information content (AvgIpc) is 2.75. The first-order chi connectivity index (χ1) is 13.6. The Morgan fingerprint density at radius 1 is 0.821 bits per heavy atom. The Morgan fingerprint density at radius 3 is 2.21 bits per heavy atom. The molecule has 0 fully saturated rings. The summed E-state index contributed by atoms with van der Waals surface area (Å²) in [6.45, 7) is 0.534. The highest BCUT2D eigenvalue weighted by molar-refractivity contribution is 6.46. The number of nitrogens with two attached hydrogens (primary N) is 1. The first kappa shape index (κ1) is 17.8. The molecular formula is C23H21N3O2. The first-order valence-corrected chi connectivity index (χ1v) is 9.29. The molecule has 0 aromatic heterocycles. The van der Waals surface area contributed by atoms with Gasteiger partial charge in [0.2, 0.25) is 0 Å². The van der Waals surface area contributed by atoms with Gasteiger partial charge in [0.1, 0.15) is 0 Å². The van der Waals surface area contributed by atoms with Gasteiger partial charge in [-0.3, -0.25) is 14.5 Å². The number of carbonyl (C=O) groups excluding carboxylic acids is 2. The lowest BCUT2D eigenvalue weighted by molar-refractivity contribution is -0.135. The van der Waals surface area contributed by atoms with E-state index in [0.717, 1.165) is 24.1 Å². The topological polar surface area (TPSA) is 66.6 Å². The molecule has 0 spiro atoms. The van der Waals surface area contributed by atoms with E-state index < -0.39 is 11.8 Å². The molecule has 4 rings (SSSR count). The quantitative estimate of drug-likeness (QED) is 0.549. The molecule has 28 heavy (non-hydrogen) atoms. The lowest BCUT2D eigenvalue weighted by atomic mass is 10.0. The lowest BCUT2D eigenvalue weighted by Gasteiger charge is -2.31. The lowest BCUT2D eigenvalue weighted by Crippen LogP contribution is -2.45. The van der Waals surface area contributed by atoms with Gasteiger partial charge in [-0.1, -0.05) is 36.4 Å². The molecule has 1 heterocycles. The van der Waals surface area contributed by atoms with Crippen LogP contribution in [0.5, 0.6) is 0 Å². The standard InChI is InChI=1S/C23H21N3O2/c24-18-12-14-20(15-13-18)26(19-9-2-1-3-10-19)23(28)22(27)25-16-6-8-17-7-4-5-11-21(17)25/h1-5,7,9-15H,6,8,16,24H2. The van der Waals surface area contributed by atoms with Crippen molar-refractivity contribution < 1.29 is 9.59 Å². The molecule has 0 saturated heterocycles. The highest BCUT2D eigenvalue weighted by atomic mass is 16.2. The highest BCUT2D eigenvalue weighted by Gasteiger charge is 2.32. The largest absolute Gasteiger partial charge is 0.399 e. The van der Waals surface area contributed by atoms with Crippen LogP contribution >= 0.6 is 0 Å². The molecule has 2 amide bonds. The molecule has 0 unspecified atom stereocenters. The van der Waals surface area contributed by atoms with Gasteiger partial charge in [-0.2, -0.15) is 0 Å². The van der Waals surface area contributed by atoms with Crippen LogP contribution in [-0.4, -0.2) is 18.4 Å². The molecule has 5 nitrogen and oxygen atoms in total. The summed E-state index contributed by atoms with van der Waals surface area (Å²) in [7, 11) is 0. The second-order valence-electron chi connectivity index (χ2n) is 6.76. The maximum atomic E-state index is 13.3. The van der Waals surface area contributed by atoms with Crippen LogP contribution in [0.4, 0.5) is 22.7 Å². The van der Waals surface area contributed by atoms with E-state index in [4.69, 9.17) is 5.73 Å². The monoisotopic (exact) mass is 371 g/mol. The average molecular weight is 371 g/mol. The third-order valence-electron chi connectivity index (χ3n) is 4.91. The van der Waals surface area contributed by atoms with Gasteiger partial charge in [0.15, 0.2) is 0 Å². The van der Waals surface area contributed by atoms with Gasteiger partial charge in [0.25, 0.3) is 0 Å². The molecule has 2 N–H and O–H groups in total. The molecule has 0 bridgehead atoms. The molecule has 3 aromatic carbocycles. The van der Waals surface area contributed by atoms with Crippen LogP contribution in [0.2, 0.25) is 0 Å². The molecular weight excluding hydrogens is 350 g/mol. The summed E-state index contributed by atoms with van der Waals surface area (Å²) >= 11 is 0. The van der Waals surface area contributed by atoms with Crippen LogP contribution in [0.25, 0.3) is 0 Å². The van der Waals surface area contributed by atoms with Gasteiger partial charge in [0.05, 0.1) is 0 Å². The Morgan fingerprint density at radius 2 is 1.46 bits per heavy atom. The second kappa shape index (κ2) is 7.56. The van der Waals surface area contributed by atoms with Crippen LogP contribution in [-0.2, 0) is 16.0 Å². The number of aryl methyl sites for hydroxylation is 1. The SMILES string of the molecule is Nc1ccc(N(C(=O)C(=O)N2CCCc3ccccc32)c2ccccc2)cc1. The van der Waals surface area contributed by atoms with Crippen molar-refractivity contribution in [3.8, 4) is 0 Å². The predicted octanol–water partition coefficient (Wildman–Crippen LogP) is 3.91. The Bertz CT molecular complexity index is 1000. The number of rotatable bonds is 2. The Balaban J connectivity index is 1.72. The molecule has 5 heteroatoms. The zero-order chi connectivity index (χ0) is 19.5. The molecule has 1 aliphatic rings. The van der Waals surface area contributed by atoms with Gasteiger partial charge < -0.3 is 10.6 Å². The summed E-state index contributed by atoms with van der Waals surface area (Å²) in [6.07, 6.45) is 1.75. The number of carbonyl (C=O) groups is 2. The van der Waals surface area contributed by atoms with E-state index in [2.05, 4.69) is 0 Å². The number of hydrogen-bond donors (Lipinski definition) is 1. The van der Waals surface area contributed by atoms with Gasteiger partial charge >= 0.3 is 11.8 Å². The van der Waals surface area contributed by atoms with E-state index in [1.165, 1.54) is 4.90 Å². The number of hydrogen-bond acceptors (Lipinski definition) is 3. The van der Waals surface area contributed by atoms with Gasteiger partial charge in [-0.15, -0.1) is 0 Å². The third kappa shape index (κ3) is 3.34. The van der Waals surface area contributed by atoms with E-state index in [0.29, 0.717) is 23.6 Å². The van der Waals surface area contributed by atoms with E-state index in [-0.39, 0.29) is 0 Å². The molecule has 0 saturated carbocycles. The van der Waals surface area contributed by atoms with Crippen molar-refractivity contribution in [3.05, 3.63) is 84.4 Å². The highest BCUT2D eigenvalue weighted by Crippen LogP contribution is 2.30. The summed E-state index contributed by atoms with van der Waals surface area (Å²) in [5, 5.41) is 0. The summed E-state index contributed by atoms with van der Waals surface area (Å²) in [5.41, 5.74) is 9.53. The van der Waals surface area contributed by atoms with Gasteiger partial charge in [-0.05, 0) is 60.9 Å². The van der Waals surface area contributed by atoms with Crippen LogP contribution < -0.4 is 15.5 Å². The van der Waals surface area contributed by atoms with Crippen molar-refractivity contribution in [2.75, 3.05) is 22.1 Å². The maximum absolute atomic E-state index is 13.3. The molecule has 3 aromatic rings. The predicted molar refractivity (Wildman–Crippen MR) is 112 cm³/mol. The van der Waals surface area contributed by atoms with E-state index in [9.17, 15) is 9.59 Å². The molecule has 1 aliphatic heterocycles. The Labute approximate surface area is 164 Å². The number of nitrogen functional groups attached to an aromatic ring is 1. The first-order valence-electron chi connectivity index (χ1n) is 9.29. The van der Waals surface area contributed by atoms with Crippen molar-refractivity contribution in [2.24, 2.45) is 0 Å². The Kier molecular flexibility index (Phi) is 4.81. The van der Waals surface area contributed by atoms with Crippen molar-refractivity contribution in [3.63, 3.8) is 0 Å². The third-order valence-corrected chi connectivity index (χ3v) is 4.91. The molecule has 0 radical (unpaired) electrons. The van der Waals surface area contributed by atoms with Crippen LogP contribution in [0, 0.1) is 0 Å². The Hall–Kier alpha value is -3.60. The van der Waals surface area contributed by atoms with Crippen LogP contribution in [0.1, 0.15) is 12.0 Å². The van der Waals surface area contributed by atoms with Gasteiger partial charge in [0, 0.05) is 29.3 Å². The molecule has 0 atom stereocenters. The van der Waals surface area contributed by atoms with E-state index in [1.807, 2.05) is 54.6 Å². The maximum Gasteiger partial charge on any atom is 0.321 e. The minimum Gasteiger partial charge on any atom is -0.399 e. The van der Waals surface area contributed by atoms with Crippen LogP contribution in [0.15, 0.2) is 78.9 Å². The van der Waals surface area contributed by atoms with E-state index >= 15 is 0 Å². The number of nitrogens with zero attached hydrogens (tertiary/aromatic N) is 2. The summed E-state index contributed by atoms with van der Waals surface area (Å²) in [6, 6.07) is 23.9. The van der Waals surface area contributed by atoms with Crippen molar-refractivity contribution in [1.82, 2.24) is 0 Å². The number of para-hydroxylation sites is 2. The number of fused-ring (bicyclic) bond motifs is 1. The normalized spacial score (nSPS) is 12.9. The molecule has 140 valence electrons. The van der Waals surface area contributed by atoms with Crippen LogP contribution in [0.3, 0.4) is 0 Å². The van der Waals surface area contributed by atoms with Crippen molar-refractivity contribution >= 4 is 34.6 Å². The summed E-state index contributed by atoms with van der Waals surface area (Å²) < 4.78 is 0. The molecule has 0 aliphatic carbocycles. The smallest absolute Gasteiger partial charge is 0.321 e. The second-order valence-corrected chi connectivity index (χ2v) is 6.76. The van der Waals surface area contributed by atoms with E-state index in [1.54, 1.807) is 29.2 Å². The number of anilines is 4. The van der Waals surface area contributed by atoms with Crippen molar-refractivity contribution in [2.45, 2.75) is 12.8 Å². The summed E-state index contributed by atoms with van der Waals surface area (Å²) in [5.74, 6) is -1.12. The van der Waals surface area contributed by atoms with Crippen molar-refractivity contribution in [1.29, 1.82) is 0 Å². The number of amides is 2. The fourth-order valence-corrected chi connectivity index (χ4v) is 3.54. The fraction of sp³-hybridized carbons (Fsp3) is 0.130. The zero-order valence-corrected chi connectivity index (χ0v) is 15.4. The zero-order valence-electron chi connectivity index (χ0n) is 15.4. The number of benzene rings is 3. The fourth-order valence-electron chi connectivity index (χ4n) is 3.54.